The minimum absolute atomic E-state index is 0.363. The number of aliphatic hydroxyl groups excluding tert-OH is 1. The van der Waals surface area contributed by atoms with Crippen molar-refractivity contribution in [3.05, 3.63) is 22.5 Å². The molecule has 2 rings (SSSR count). The fourth-order valence-corrected chi connectivity index (χ4v) is 6.59. The maximum atomic E-state index is 13.9. The molecule has 1 aromatic heterocycles. The van der Waals surface area contributed by atoms with Gasteiger partial charge in [-0.15, -0.1) is 11.6 Å². The number of nitrogens with zero attached hydrogens (tertiary/aromatic N) is 2. The van der Waals surface area contributed by atoms with Gasteiger partial charge in [-0.05, 0) is 13.8 Å². The molecule has 1 aliphatic rings. The normalized spacial score (nSPS) is 29.5. The summed E-state index contributed by atoms with van der Waals surface area (Å²) in [5.41, 5.74) is 1.65. The molecule has 1 aromatic rings. The van der Waals surface area contributed by atoms with Crippen molar-refractivity contribution < 1.29 is 65.0 Å². The number of nitrogen functional groups attached to an aromatic ring is 1. The van der Waals surface area contributed by atoms with Gasteiger partial charge < -0.3 is 35.2 Å². The first-order valence-electron chi connectivity index (χ1n) is 8.61. The van der Waals surface area contributed by atoms with Crippen molar-refractivity contribution in [1.82, 2.24) is 9.55 Å². The van der Waals surface area contributed by atoms with Crippen LogP contribution in [-0.2, 0) is 31.6 Å². The molecule has 4 unspecified atom stereocenters. The molecule has 0 bridgehead atoms. The molecule has 34 heavy (non-hydrogen) atoms. The monoisotopic (exact) mass is 579 g/mol. The average Bonchev–Trinajstić information content (AvgIpc) is 2.87. The van der Waals surface area contributed by atoms with Crippen LogP contribution in [0.1, 0.15) is 20.1 Å². The highest BCUT2D eigenvalue weighted by Gasteiger charge is 2.62. The van der Waals surface area contributed by atoms with Gasteiger partial charge in [0.1, 0.15) is 29.4 Å². The number of aliphatic hydroxyl groups is 1. The van der Waals surface area contributed by atoms with Crippen LogP contribution >= 0.6 is 35.1 Å². The predicted molar refractivity (Wildman–Crippen MR) is 106 cm³/mol. The molecule has 0 aromatic carbocycles. The van der Waals surface area contributed by atoms with E-state index in [2.05, 4.69) is 18.1 Å². The van der Waals surface area contributed by atoms with E-state index in [1.54, 1.807) is 0 Å². The lowest BCUT2D eigenvalue weighted by Crippen LogP contribution is -2.50. The zero-order chi connectivity index (χ0) is 26.5. The molecule has 7 N–H and O–H groups in total. The Balaban J connectivity index is 2.38. The third kappa shape index (κ3) is 6.48. The van der Waals surface area contributed by atoms with Crippen LogP contribution < -0.4 is 11.4 Å². The average molecular weight is 580 g/mol. The maximum absolute atomic E-state index is 13.9. The summed E-state index contributed by atoms with van der Waals surface area (Å²) in [6.45, 7) is 0.268. The standard InChI is InChI=1S/C12H19ClF2N3O13P3/c1-11(2,29-33(24,25)31-34(26,27)30-32(21,22)23)7-6(19)12(13,4-14)9(28-7)18-3-5(15)8(16)17-10(18)20/h3,6-7,9,19H,4H2,1-2H3,(H,24,25)(H,26,27)(H2,16,17,20)(H2,21,22,23)/t6-,7?,9+,12?/m0/s1. The van der Waals surface area contributed by atoms with E-state index in [0.29, 0.717) is 10.8 Å². The molecule has 196 valence electrons. The second-order valence-electron chi connectivity index (χ2n) is 7.36. The summed E-state index contributed by atoms with van der Waals surface area (Å²) < 4.78 is 79.8. The third-order valence-electron chi connectivity index (χ3n) is 4.31. The number of phosphoric acid groups is 3. The molecule has 2 heterocycles. The predicted octanol–water partition coefficient (Wildman–Crippen LogP) is 0.292. The smallest absolute Gasteiger partial charge is 0.388 e. The van der Waals surface area contributed by atoms with Crippen LogP contribution in [0.2, 0.25) is 0 Å². The Hall–Kier alpha value is -0.840. The number of anilines is 1. The molecular formula is C12H19ClF2N3O13P3. The molecular weight excluding hydrogens is 561 g/mol. The lowest BCUT2D eigenvalue weighted by molar-refractivity contribution is -0.118. The second-order valence-corrected chi connectivity index (χ2v) is 12.4. The Bertz CT molecular complexity index is 1150. The van der Waals surface area contributed by atoms with Gasteiger partial charge in [-0.2, -0.15) is 13.6 Å². The van der Waals surface area contributed by atoms with E-state index in [0.717, 1.165) is 13.8 Å². The largest absolute Gasteiger partial charge is 0.490 e. The lowest BCUT2D eigenvalue weighted by atomic mass is 9.91. The number of nitrogens with two attached hydrogens (primary N) is 1. The lowest BCUT2D eigenvalue weighted by Gasteiger charge is -2.34. The fraction of sp³-hybridized carbons (Fsp3) is 0.667. The van der Waals surface area contributed by atoms with Crippen molar-refractivity contribution in [2.24, 2.45) is 0 Å². The first kappa shape index (κ1) is 29.4. The number of halogens is 3. The molecule has 0 radical (unpaired) electrons. The highest BCUT2D eigenvalue weighted by atomic mass is 35.5. The van der Waals surface area contributed by atoms with Gasteiger partial charge in [-0.3, -0.25) is 9.09 Å². The Labute approximate surface area is 193 Å². The summed E-state index contributed by atoms with van der Waals surface area (Å²) in [6.07, 6.45) is -5.55. The number of ether oxygens (including phenoxy) is 1. The van der Waals surface area contributed by atoms with Crippen LogP contribution in [0.3, 0.4) is 0 Å². The summed E-state index contributed by atoms with van der Waals surface area (Å²) in [5.74, 6) is -2.03. The van der Waals surface area contributed by atoms with E-state index >= 15 is 0 Å². The Morgan fingerprint density at radius 3 is 2.32 bits per heavy atom. The van der Waals surface area contributed by atoms with Gasteiger partial charge in [0.15, 0.2) is 17.9 Å². The molecule has 0 spiro atoms. The summed E-state index contributed by atoms with van der Waals surface area (Å²) >= 11 is 6.12. The summed E-state index contributed by atoms with van der Waals surface area (Å²) in [7, 11) is -17.3. The van der Waals surface area contributed by atoms with Crippen molar-refractivity contribution in [2.75, 3.05) is 12.4 Å². The van der Waals surface area contributed by atoms with E-state index in [1.807, 2.05) is 0 Å². The molecule has 16 nitrogen and oxygen atoms in total. The number of hydrogen-bond acceptors (Lipinski definition) is 11. The first-order chi connectivity index (χ1) is 15.1. The van der Waals surface area contributed by atoms with Crippen molar-refractivity contribution in [3.8, 4) is 0 Å². The van der Waals surface area contributed by atoms with Crippen LogP contribution in [0.4, 0.5) is 14.6 Å². The van der Waals surface area contributed by atoms with Crippen molar-refractivity contribution in [2.45, 2.75) is 42.8 Å². The van der Waals surface area contributed by atoms with Gasteiger partial charge in [0.05, 0.1) is 6.20 Å². The van der Waals surface area contributed by atoms with Gasteiger partial charge in [-0.25, -0.2) is 27.3 Å². The fourth-order valence-electron chi connectivity index (χ4n) is 2.98. The molecule has 0 amide bonds. The number of phosphoric ester groups is 1. The van der Waals surface area contributed by atoms with E-state index < -0.39 is 76.4 Å². The quantitative estimate of drug-likeness (QED) is 0.170. The van der Waals surface area contributed by atoms with Gasteiger partial charge in [-0.1, -0.05) is 0 Å². The second kappa shape index (κ2) is 9.56. The van der Waals surface area contributed by atoms with Gasteiger partial charge >= 0.3 is 29.2 Å². The highest BCUT2D eigenvalue weighted by molar-refractivity contribution is 7.66. The summed E-state index contributed by atoms with van der Waals surface area (Å²) in [6, 6.07) is 0. The van der Waals surface area contributed by atoms with Gasteiger partial charge in [0, 0.05) is 0 Å². The SMILES string of the molecule is CC(C)(OP(=O)(O)OP(=O)(O)OP(=O)(O)O)C1O[C@@H](n2cc(F)c(N)nc2=O)C(Cl)(CF)[C@H]1O. The van der Waals surface area contributed by atoms with Crippen LogP contribution in [0, 0.1) is 5.82 Å². The number of aromatic nitrogens is 2. The van der Waals surface area contributed by atoms with Gasteiger partial charge in [0.2, 0.25) is 0 Å². The number of rotatable bonds is 9. The molecule has 1 fully saturated rings. The van der Waals surface area contributed by atoms with Crippen LogP contribution in [0.25, 0.3) is 0 Å². The van der Waals surface area contributed by atoms with Crippen LogP contribution in [0.15, 0.2) is 11.0 Å². The molecule has 0 aliphatic carbocycles. The highest BCUT2D eigenvalue weighted by Crippen LogP contribution is 2.67. The van der Waals surface area contributed by atoms with Crippen molar-refractivity contribution in [1.29, 1.82) is 0 Å². The minimum atomic E-state index is -5.87. The topological polar surface area (TPSA) is 250 Å². The molecule has 1 aliphatic heterocycles. The number of hydrogen-bond donors (Lipinski definition) is 6. The Morgan fingerprint density at radius 2 is 1.82 bits per heavy atom. The zero-order valence-electron chi connectivity index (χ0n) is 17.0. The first-order valence-corrected chi connectivity index (χ1v) is 13.5. The minimum Gasteiger partial charge on any atom is -0.388 e. The summed E-state index contributed by atoms with van der Waals surface area (Å²) in [4.78, 5) is 49.0. The van der Waals surface area contributed by atoms with E-state index in [1.165, 1.54) is 0 Å². The maximum Gasteiger partial charge on any atom is 0.490 e. The van der Waals surface area contributed by atoms with E-state index in [9.17, 15) is 42.2 Å². The zero-order valence-corrected chi connectivity index (χ0v) is 20.4. The Morgan fingerprint density at radius 1 is 1.26 bits per heavy atom. The Kier molecular flexibility index (Phi) is 8.26. The number of alkyl halides is 2. The van der Waals surface area contributed by atoms with Crippen molar-refractivity contribution >= 4 is 40.9 Å². The van der Waals surface area contributed by atoms with E-state index in [4.69, 9.17) is 31.9 Å². The van der Waals surface area contributed by atoms with Crippen LogP contribution in [0.5, 0.6) is 0 Å². The third-order valence-corrected chi connectivity index (χ3v) is 8.85. The molecule has 0 saturated carbocycles. The van der Waals surface area contributed by atoms with Crippen molar-refractivity contribution in [3.63, 3.8) is 0 Å². The van der Waals surface area contributed by atoms with E-state index in [-0.39, 0.29) is 0 Å². The molecule has 6 atom stereocenters. The molecule has 22 heteroatoms. The van der Waals surface area contributed by atoms with Gasteiger partial charge in [0.25, 0.3) is 0 Å². The molecule has 1 saturated heterocycles. The van der Waals surface area contributed by atoms with Crippen LogP contribution in [-0.4, -0.2) is 63.6 Å². The summed E-state index contributed by atoms with van der Waals surface area (Å²) in [5, 5.41) is 10.6.